The molecule has 0 radical (unpaired) electrons. The standard InChI is InChI=1S/C14H23N3O/c1-4-16-14(18)10-17(11(2)3)9-12-7-5-6-8-13(12)15/h5-8,11H,4,9-10,15H2,1-3H3,(H,16,18). The van der Waals surface area contributed by atoms with E-state index in [2.05, 4.69) is 24.1 Å². The van der Waals surface area contributed by atoms with E-state index >= 15 is 0 Å². The van der Waals surface area contributed by atoms with Crippen LogP contribution in [0.2, 0.25) is 0 Å². The van der Waals surface area contributed by atoms with Gasteiger partial charge in [0.25, 0.3) is 0 Å². The summed E-state index contributed by atoms with van der Waals surface area (Å²) in [4.78, 5) is 13.8. The maximum atomic E-state index is 11.6. The average molecular weight is 249 g/mol. The van der Waals surface area contributed by atoms with E-state index in [-0.39, 0.29) is 5.91 Å². The van der Waals surface area contributed by atoms with Crippen LogP contribution in [0.1, 0.15) is 26.3 Å². The number of nitrogens with zero attached hydrogens (tertiary/aromatic N) is 1. The number of hydrogen-bond donors (Lipinski definition) is 2. The van der Waals surface area contributed by atoms with E-state index in [1.165, 1.54) is 0 Å². The van der Waals surface area contributed by atoms with Gasteiger partial charge in [0.1, 0.15) is 0 Å². The highest BCUT2D eigenvalue weighted by Gasteiger charge is 2.14. The molecule has 1 amide bonds. The van der Waals surface area contributed by atoms with Gasteiger partial charge in [0.05, 0.1) is 6.54 Å². The number of para-hydroxylation sites is 1. The van der Waals surface area contributed by atoms with Gasteiger partial charge < -0.3 is 11.1 Å². The van der Waals surface area contributed by atoms with Crippen LogP contribution in [-0.4, -0.2) is 29.9 Å². The minimum absolute atomic E-state index is 0.0562. The number of rotatable bonds is 6. The fraction of sp³-hybridized carbons (Fsp3) is 0.500. The van der Waals surface area contributed by atoms with Crippen LogP contribution in [0.4, 0.5) is 5.69 Å². The Morgan fingerprint density at radius 3 is 2.61 bits per heavy atom. The van der Waals surface area contributed by atoms with Gasteiger partial charge in [0, 0.05) is 24.8 Å². The highest BCUT2D eigenvalue weighted by molar-refractivity contribution is 5.78. The van der Waals surface area contributed by atoms with Gasteiger partial charge in [-0.05, 0) is 32.4 Å². The second kappa shape index (κ2) is 7.01. The quantitative estimate of drug-likeness (QED) is 0.753. The van der Waals surface area contributed by atoms with Crippen molar-refractivity contribution in [3.05, 3.63) is 29.8 Å². The highest BCUT2D eigenvalue weighted by atomic mass is 16.2. The smallest absolute Gasteiger partial charge is 0.234 e. The van der Waals surface area contributed by atoms with Crippen molar-refractivity contribution in [2.45, 2.75) is 33.4 Å². The fourth-order valence-electron chi connectivity index (χ4n) is 1.76. The number of nitrogen functional groups attached to an aromatic ring is 1. The lowest BCUT2D eigenvalue weighted by molar-refractivity contribution is -0.122. The minimum Gasteiger partial charge on any atom is -0.398 e. The van der Waals surface area contributed by atoms with Crippen molar-refractivity contribution in [3.63, 3.8) is 0 Å². The lowest BCUT2D eigenvalue weighted by atomic mass is 10.1. The number of nitrogens with one attached hydrogen (secondary N) is 1. The molecule has 1 aromatic rings. The summed E-state index contributed by atoms with van der Waals surface area (Å²) in [6.07, 6.45) is 0. The van der Waals surface area contributed by atoms with E-state index in [1.807, 2.05) is 31.2 Å². The Bertz CT molecular complexity index is 390. The van der Waals surface area contributed by atoms with Crippen LogP contribution in [0.3, 0.4) is 0 Å². The number of nitrogens with two attached hydrogens (primary N) is 1. The highest BCUT2D eigenvalue weighted by Crippen LogP contribution is 2.14. The number of benzene rings is 1. The van der Waals surface area contributed by atoms with Gasteiger partial charge in [-0.25, -0.2) is 0 Å². The lowest BCUT2D eigenvalue weighted by Gasteiger charge is -2.26. The Hall–Kier alpha value is -1.55. The molecule has 0 aliphatic rings. The van der Waals surface area contributed by atoms with Crippen LogP contribution in [0.15, 0.2) is 24.3 Å². The summed E-state index contributed by atoms with van der Waals surface area (Å²) in [5.74, 6) is 0.0562. The largest absolute Gasteiger partial charge is 0.398 e. The van der Waals surface area contributed by atoms with Crippen molar-refractivity contribution in [2.24, 2.45) is 0 Å². The molecule has 0 aromatic heterocycles. The van der Waals surface area contributed by atoms with Crippen molar-refractivity contribution in [1.29, 1.82) is 0 Å². The van der Waals surface area contributed by atoms with Crippen molar-refractivity contribution in [2.75, 3.05) is 18.8 Å². The van der Waals surface area contributed by atoms with Crippen molar-refractivity contribution < 1.29 is 4.79 Å². The van der Waals surface area contributed by atoms with E-state index in [1.54, 1.807) is 0 Å². The number of carbonyl (C=O) groups excluding carboxylic acids is 1. The molecule has 4 nitrogen and oxygen atoms in total. The number of carbonyl (C=O) groups is 1. The summed E-state index contributed by atoms with van der Waals surface area (Å²) in [6, 6.07) is 8.08. The number of likely N-dealkylation sites (N-methyl/N-ethyl adjacent to an activating group) is 1. The topological polar surface area (TPSA) is 58.4 Å². The Labute approximate surface area is 109 Å². The molecule has 18 heavy (non-hydrogen) atoms. The predicted octanol–water partition coefficient (Wildman–Crippen LogP) is 1.62. The third-order valence-electron chi connectivity index (χ3n) is 2.88. The zero-order valence-corrected chi connectivity index (χ0v) is 11.4. The van der Waals surface area contributed by atoms with Gasteiger partial charge in [0.15, 0.2) is 0 Å². The van der Waals surface area contributed by atoms with Crippen molar-refractivity contribution in [3.8, 4) is 0 Å². The van der Waals surface area contributed by atoms with Crippen LogP contribution in [0, 0.1) is 0 Å². The predicted molar refractivity (Wildman–Crippen MR) is 75.1 cm³/mol. The monoisotopic (exact) mass is 249 g/mol. The molecule has 0 atom stereocenters. The lowest BCUT2D eigenvalue weighted by Crippen LogP contribution is -2.40. The van der Waals surface area contributed by atoms with E-state index in [0.717, 1.165) is 11.3 Å². The zero-order chi connectivity index (χ0) is 13.5. The van der Waals surface area contributed by atoms with Crippen LogP contribution in [0.5, 0.6) is 0 Å². The van der Waals surface area contributed by atoms with Crippen LogP contribution < -0.4 is 11.1 Å². The molecule has 0 aliphatic heterocycles. The van der Waals surface area contributed by atoms with Crippen molar-refractivity contribution in [1.82, 2.24) is 10.2 Å². The molecule has 0 unspecified atom stereocenters. The molecular formula is C14H23N3O. The minimum atomic E-state index is 0.0562. The Kier molecular flexibility index (Phi) is 5.65. The molecule has 0 heterocycles. The van der Waals surface area contributed by atoms with Crippen molar-refractivity contribution >= 4 is 11.6 Å². The second-order valence-electron chi connectivity index (χ2n) is 4.65. The van der Waals surface area contributed by atoms with Gasteiger partial charge in [0.2, 0.25) is 5.91 Å². The number of anilines is 1. The zero-order valence-electron chi connectivity index (χ0n) is 11.4. The second-order valence-corrected chi connectivity index (χ2v) is 4.65. The third kappa shape index (κ3) is 4.37. The Morgan fingerprint density at radius 2 is 2.06 bits per heavy atom. The van der Waals surface area contributed by atoms with Crippen LogP contribution in [0.25, 0.3) is 0 Å². The first-order chi connectivity index (χ1) is 8.54. The normalized spacial score (nSPS) is 10.9. The van der Waals surface area contributed by atoms with E-state index in [4.69, 9.17) is 5.73 Å². The molecular weight excluding hydrogens is 226 g/mol. The van der Waals surface area contributed by atoms with Gasteiger partial charge in [-0.15, -0.1) is 0 Å². The molecule has 0 bridgehead atoms. The summed E-state index contributed by atoms with van der Waals surface area (Å²) >= 11 is 0. The molecule has 0 saturated heterocycles. The Balaban J connectivity index is 2.69. The molecule has 0 aliphatic carbocycles. The summed E-state index contributed by atoms with van der Waals surface area (Å²) in [7, 11) is 0. The molecule has 1 aromatic carbocycles. The molecule has 100 valence electrons. The summed E-state index contributed by atoms with van der Waals surface area (Å²) in [6.45, 7) is 7.85. The summed E-state index contributed by atoms with van der Waals surface area (Å²) in [5.41, 5.74) is 7.77. The van der Waals surface area contributed by atoms with Crippen LogP contribution >= 0.6 is 0 Å². The van der Waals surface area contributed by atoms with Gasteiger partial charge in [-0.1, -0.05) is 18.2 Å². The number of hydrogen-bond acceptors (Lipinski definition) is 3. The molecule has 0 saturated carbocycles. The van der Waals surface area contributed by atoms with Gasteiger partial charge in [-0.2, -0.15) is 0 Å². The first kappa shape index (κ1) is 14.5. The summed E-state index contributed by atoms with van der Waals surface area (Å²) in [5, 5.41) is 2.82. The third-order valence-corrected chi connectivity index (χ3v) is 2.88. The Morgan fingerprint density at radius 1 is 1.39 bits per heavy atom. The number of amides is 1. The molecule has 0 spiro atoms. The van der Waals surface area contributed by atoms with Crippen LogP contribution in [-0.2, 0) is 11.3 Å². The average Bonchev–Trinajstić information content (AvgIpc) is 2.31. The first-order valence-corrected chi connectivity index (χ1v) is 6.38. The molecule has 3 N–H and O–H groups in total. The van der Waals surface area contributed by atoms with E-state index < -0.39 is 0 Å². The first-order valence-electron chi connectivity index (χ1n) is 6.38. The molecule has 4 heteroatoms. The SMILES string of the molecule is CCNC(=O)CN(Cc1ccccc1N)C(C)C. The van der Waals surface area contributed by atoms with Gasteiger partial charge >= 0.3 is 0 Å². The summed E-state index contributed by atoms with van der Waals surface area (Å²) < 4.78 is 0. The maximum Gasteiger partial charge on any atom is 0.234 e. The molecule has 0 fully saturated rings. The van der Waals surface area contributed by atoms with E-state index in [0.29, 0.717) is 25.7 Å². The fourth-order valence-corrected chi connectivity index (χ4v) is 1.76. The maximum absolute atomic E-state index is 11.6. The van der Waals surface area contributed by atoms with Gasteiger partial charge in [-0.3, -0.25) is 9.69 Å². The molecule has 1 rings (SSSR count). The van der Waals surface area contributed by atoms with E-state index in [9.17, 15) is 4.79 Å².